The Hall–Kier alpha value is -4.47. The lowest BCUT2D eigenvalue weighted by Crippen LogP contribution is -2.15. The Bertz CT molecular complexity index is 1620. The average molecular weight is 505 g/mol. The quantitative estimate of drug-likeness (QED) is 0.326. The third kappa shape index (κ3) is 5.09. The second kappa shape index (κ2) is 9.20. The average Bonchev–Trinajstić information content (AvgIpc) is 3.47. The van der Waals surface area contributed by atoms with E-state index in [0.717, 1.165) is 28.3 Å². The van der Waals surface area contributed by atoms with Crippen LogP contribution in [0.4, 0.5) is 18.9 Å². The van der Waals surface area contributed by atoms with E-state index in [4.69, 9.17) is 0 Å². The fraction of sp³-hybridized carbons (Fsp3) is 0.185. The lowest BCUT2D eigenvalue weighted by atomic mass is 10.0. The number of nitrogens with zero attached hydrogens (tertiary/aromatic N) is 5. The number of hydrogen-bond acceptors (Lipinski definition) is 4. The second-order valence-corrected chi connectivity index (χ2v) is 8.99. The van der Waals surface area contributed by atoms with E-state index in [1.807, 2.05) is 51.1 Å². The molecule has 5 rings (SSSR count). The first-order valence-corrected chi connectivity index (χ1v) is 11.5. The van der Waals surface area contributed by atoms with Crippen molar-refractivity contribution in [3.05, 3.63) is 101 Å². The minimum Gasteiger partial charge on any atom is -0.318 e. The molecule has 1 N–H and O–H groups in total. The van der Waals surface area contributed by atoms with Crippen molar-refractivity contribution in [1.29, 1.82) is 0 Å². The molecule has 2 aromatic carbocycles. The van der Waals surface area contributed by atoms with Gasteiger partial charge >= 0.3 is 6.18 Å². The fourth-order valence-electron chi connectivity index (χ4n) is 3.93. The summed E-state index contributed by atoms with van der Waals surface area (Å²) in [6, 6.07) is 15.5. The van der Waals surface area contributed by atoms with Crippen molar-refractivity contribution in [3.63, 3.8) is 0 Å². The van der Waals surface area contributed by atoms with Crippen LogP contribution >= 0.6 is 0 Å². The van der Waals surface area contributed by atoms with E-state index in [0.29, 0.717) is 22.3 Å². The summed E-state index contributed by atoms with van der Waals surface area (Å²) < 4.78 is 44.1. The first-order chi connectivity index (χ1) is 17.6. The Kier molecular flexibility index (Phi) is 6.02. The highest BCUT2D eigenvalue weighted by molar-refractivity contribution is 6.03. The molecule has 10 heteroatoms. The molecule has 37 heavy (non-hydrogen) atoms. The Morgan fingerprint density at radius 3 is 2.43 bits per heavy atom. The predicted molar refractivity (Wildman–Crippen MR) is 133 cm³/mol. The highest BCUT2D eigenvalue weighted by Crippen LogP contribution is 2.33. The number of hydrogen-bond donors (Lipinski definition) is 1. The van der Waals surface area contributed by atoms with Gasteiger partial charge in [-0.3, -0.25) is 9.48 Å². The predicted octanol–water partition coefficient (Wildman–Crippen LogP) is 5.84. The number of aryl methyl sites for hydroxylation is 3. The molecule has 0 aliphatic carbocycles. The van der Waals surface area contributed by atoms with Gasteiger partial charge in [0.25, 0.3) is 5.91 Å². The van der Waals surface area contributed by atoms with Crippen molar-refractivity contribution in [2.24, 2.45) is 0 Å². The molecule has 3 aromatic heterocycles. The largest absolute Gasteiger partial charge is 0.433 e. The van der Waals surface area contributed by atoms with Gasteiger partial charge in [0.05, 0.1) is 24.1 Å². The maximum absolute atomic E-state index is 13.9. The molecule has 0 spiro atoms. The number of halogens is 3. The smallest absolute Gasteiger partial charge is 0.318 e. The van der Waals surface area contributed by atoms with E-state index < -0.39 is 17.8 Å². The monoisotopic (exact) mass is 504 g/mol. The number of rotatable bonds is 5. The van der Waals surface area contributed by atoms with Gasteiger partial charge < -0.3 is 5.32 Å². The van der Waals surface area contributed by atoms with Crippen LogP contribution in [0, 0.1) is 20.8 Å². The number of alkyl halides is 3. The Morgan fingerprint density at radius 2 is 1.73 bits per heavy atom. The summed E-state index contributed by atoms with van der Waals surface area (Å²) in [5.74, 6) is -0.666. The SMILES string of the molecule is Cc1ccc(Cn2cc(NC(=O)c3cc4nc(-c5ccc(C)c(C)c5)cc(C(F)(F)F)n4n3)cn2)cc1. The molecule has 0 radical (unpaired) electrons. The van der Waals surface area contributed by atoms with E-state index in [1.165, 1.54) is 12.3 Å². The van der Waals surface area contributed by atoms with Crippen LogP contribution in [0.1, 0.15) is 38.4 Å². The standard InChI is InChI=1S/C27H23F3N6O/c1-16-4-7-19(8-5-16)14-35-15-21(13-31-35)32-26(37)23-12-25-33-22(20-9-6-17(2)18(3)10-20)11-24(27(28,29)30)36(25)34-23/h4-13,15H,14H2,1-3H3,(H,32,37). The first kappa shape index (κ1) is 24.2. The van der Waals surface area contributed by atoms with Crippen LogP contribution in [0.2, 0.25) is 0 Å². The number of nitrogens with one attached hydrogen (secondary N) is 1. The van der Waals surface area contributed by atoms with Gasteiger partial charge in [-0.05, 0) is 49.6 Å². The van der Waals surface area contributed by atoms with Crippen molar-refractivity contribution in [2.45, 2.75) is 33.5 Å². The summed E-state index contributed by atoms with van der Waals surface area (Å²) in [6.45, 7) is 6.31. The Morgan fingerprint density at radius 1 is 0.973 bits per heavy atom. The molecule has 3 heterocycles. The number of anilines is 1. The number of amides is 1. The highest BCUT2D eigenvalue weighted by Gasteiger charge is 2.35. The van der Waals surface area contributed by atoms with E-state index in [9.17, 15) is 18.0 Å². The topological polar surface area (TPSA) is 77.1 Å². The number of fused-ring (bicyclic) bond motifs is 1. The third-order valence-corrected chi connectivity index (χ3v) is 6.11. The van der Waals surface area contributed by atoms with Gasteiger partial charge in [0.2, 0.25) is 0 Å². The molecule has 7 nitrogen and oxygen atoms in total. The van der Waals surface area contributed by atoms with Crippen LogP contribution in [0.25, 0.3) is 16.9 Å². The molecule has 5 aromatic rings. The zero-order valence-corrected chi connectivity index (χ0v) is 20.3. The van der Waals surface area contributed by atoms with Gasteiger partial charge in [-0.2, -0.15) is 23.4 Å². The molecule has 0 saturated heterocycles. The van der Waals surface area contributed by atoms with Crippen molar-refractivity contribution >= 4 is 17.2 Å². The maximum atomic E-state index is 13.9. The first-order valence-electron chi connectivity index (χ1n) is 11.5. The van der Waals surface area contributed by atoms with Crippen molar-refractivity contribution in [3.8, 4) is 11.3 Å². The van der Waals surface area contributed by atoms with Crippen LogP contribution in [0.15, 0.2) is 67.0 Å². The third-order valence-electron chi connectivity index (χ3n) is 6.11. The summed E-state index contributed by atoms with van der Waals surface area (Å²) >= 11 is 0. The highest BCUT2D eigenvalue weighted by atomic mass is 19.4. The van der Waals surface area contributed by atoms with Crippen LogP contribution in [0.5, 0.6) is 0 Å². The molecule has 0 fully saturated rings. The minimum absolute atomic E-state index is 0.0803. The van der Waals surface area contributed by atoms with Gasteiger partial charge in [0, 0.05) is 17.8 Å². The Labute approximate surface area is 210 Å². The van der Waals surface area contributed by atoms with Crippen molar-refractivity contribution in [2.75, 3.05) is 5.32 Å². The van der Waals surface area contributed by atoms with E-state index >= 15 is 0 Å². The zero-order valence-electron chi connectivity index (χ0n) is 20.3. The van der Waals surface area contributed by atoms with E-state index in [-0.39, 0.29) is 17.0 Å². The van der Waals surface area contributed by atoms with E-state index in [1.54, 1.807) is 23.0 Å². The summed E-state index contributed by atoms with van der Waals surface area (Å²) in [4.78, 5) is 17.2. The maximum Gasteiger partial charge on any atom is 0.433 e. The molecule has 1 amide bonds. The number of benzene rings is 2. The van der Waals surface area contributed by atoms with Gasteiger partial charge in [0.1, 0.15) is 0 Å². The minimum atomic E-state index is -4.70. The summed E-state index contributed by atoms with van der Waals surface area (Å²) in [7, 11) is 0. The second-order valence-electron chi connectivity index (χ2n) is 8.99. The molecule has 0 unspecified atom stereocenters. The van der Waals surface area contributed by atoms with Crippen LogP contribution in [-0.4, -0.2) is 30.3 Å². The molecule has 0 aliphatic rings. The van der Waals surface area contributed by atoms with Gasteiger partial charge in [0.15, 0.2) is 17.0 Å². The van der Waals surface area contributed by atoms with Gasteiger partial charge in [-0.15, -0.1) is 0 Å². The Balaban J connectivity index is 1.43. The summed E-state index contributed by atoms with van der Waals surface area (Å²) in [5, 5.41) is 10.8. The van der Waals surface area contributed by atoms with Crippen LogP contribution in [0.3, 0.4) is 0 Å². The fourth-order valence-corrected chi connectivity index (χ4v) is 3.93. The van der Waals surface area contributed by atoms with E-state index in [2.05, 4.69) is 20.5 Å². The zero-order chi connectivity index (χ0) is 26.3. The molecule has 0 bridgehead atoms. The number of carbonyl (C=O) groups excluding carboxylic acids is 1. The van der Waals surface area contributed by atoms with Gasteiger partial charge in [-0.1, -0.05) is 42.0 Å². The van der Waals surface area contributed by atoms with Crippen LogP contribution < -0.4 is 5.32 Å². The summed E-state index contributed by atoms with van der Waals surface area (Å²) in [6.07, 6.45) is -1.59. The molecule has 188 valence electrons. The van der Waals surface area contributed by atoms with Crippen molar-refractivity contribution in [1.82, 2.24) is 24.4 Å². The number of carbonyl (C=O) groups is 1. The van der Waals surface area contributed by atoms with Crippen LogP contribution in [-0.2, 0) is 12.7 Å². The van der Waals surface area contributed by atoms with Crippen molar-refractivity contribution < 1.29 is 18.0 Å². The molecule has 0 saturated carbocycles. The molecular formula is C27H23F3N6O. The lowest BCUT2D eigenvalue weighted by molar-refractivity contribution is -0.142. The van der Waals surface area contributed by atoms with Gasteiger partial charge in [-0.25, -0.2) is 9.50 Å². The molecular weight excluding hydrogens is 481 g/mol. The normalized spacial score (nSPS) is 11.7. The number of aromatic nitrogens is 5. The summed E-state index contributed by atoms with van der Waals surface area (Å²) in [5.41, 5.74) is 3.94. The lowest BCUT2D eigenvalue weighted by Gasteiger charge is -2.11. The molecule has 0 atom stereocenters. The molecule has 0 aliphatic heterocycles.